The molecule has 16 heavy (non-hydrogen) atoms. The molecule has 1 aromatic carbocycles. The Kier molecular flexibility index (Phi) is 3.70. The Morgan fingerprint density at radius 1 is 1.31 bits per heavy atom. The summed E-state index contributed by atoms with van der Waals surface area (Å²) >= 11 is 11.8. The molecule has 0 radical (unpaired) electrons. The molecule has 2 nitrogen and oxygen atoms in total. The van der Waals surface area contributed by atoms with Crippen LogP contribution in [0.3, 0.4) is 0 Å². The van der Waals surface area contributed by atoms with Gasteiger partial charge in [0.05, 0.1) is 28.1 Å². The summed E-state index contributed by atoms with van der Waals surface area (Å²) in [6.07, 6.45) is 1.64. The van der Waals surface area contributed by atoms with Crippen LogP contribution in [0.25, 0.3) is 0 Å². The van der Waals surface area contributed by atoms with Crippen molar-refractivity contribution in [3.05, 3.63) is 33.8 Å². The van der Waals surface area contributed by atoms with Gasteiger partial charge in [0.25, 0.3) is 0 Å². The zero-order chi connectivity index (χ0) is 11.5. The number of benzene rings is 1. The zero-order valence-electron chi connectivity index (χ0n) is 8.62. The van der Waals surface area contributed by atoms with Crippen LogP contribution >= 0.6 is 23.2 Å². The predicted molar refractivity (Wildman–Crippen MR) is 63.5 cm³/mol. The lowest BCUT2D eigenvalue weighted by atomic mass is 9.91. The van der Waals surface area contributed by atoms with Gasteiger partial charge in [0.15, 0.2) is 0 Å². The number of nitrogens with zero attached hydrogens (tertiary/aromatic N) is 1. The van der Waals surface area contributed by atoms with Gasteiger partial charge in [-0.3, -0.25) is 0 Å². The summed E-state index contributed by atoms with van der Waals surface area (Å²) < 4.78 is 5.64. The van der Waals surface area contributed by atoms with E-state index in [1.807, 2.05) is 6.07 Å². The lowest BCUT2D eigenvalue weighted by Gasteiger charge is -2.27. The van der Waals surface area contributed by atoms with E-state index in [4.69, 9.17) is 33.2 Å². The quantitative estimate of drug-likeness (QED) is 0.761. The molecule has 1 fully saturated rings. The first-order valence-electron chi connectivity index (χ1n) is 5.18. The monoisotopic (exact) mass is 255 g/mol. The maximum absolute atomic E-state index is 9.06. The second kappa shape index (κ2) is 5.05. The van der Waals surface area contributed by atoms with Gasteiger partial charge in [-0.15, -0.1) is 0 Å². The highest BCUT2D eigenvalue weighted by Gasteiger charge is 2.27. The Bertz CT molecular complexity index is 428. The molecule has 0 saturated carbocycles. The predicted octanol–water partition coefficient (Wildman–Crippen LogP) is 3.98. The van der Waals surface area contributed by atoms with E-state index in [1.165, 1.54) is 0 Å². The molecule has 2 unspecified atom stereocenters. The number of hydrogen-bond acceptors (Lipinski definition) is 2. The molecule has 0 N–H and O–H groups in total. The number of hydrogen-bond donors (Lipinski definition) is 0. The molecule has 1 heterocycles. The van der Waals surface area contributed by atoms with E-state index in [-0.39, 0.29) is 12.0 Å². The summed E-state index contributed by atoms with van der Waals surface area (Å²) in [6, 6.07) is 7.68. The van der Waals surface area contributed by atoms with Crippen molar-refractivity contribution in [1.82, 2.24) is 0 Å². The minimum absolute atomic E-state index is 0.0917. The normalized spacial score (nSPS) is 25.1. The highest BCUT2D eigenvalue weighted by Crippen LogP contribution is 2.35. The van der Waals surface area contributed by atoms with Crippen molar-refractivity contribution in [2.24, 2.45) is 5.92 Å². The van der Waals surface area contributed by atoms with Crippen LogP contribution in [0.2, 0.25) is 10.0 Å². The van der Waals surface area contributed by atoms with Crippen molar-refractivity contribution in [1.29, 1.82) is 5.26 Å². The fourth-order valence-electron chi connectivity index (χ4n) is 1.93. The minimum atomic E-state index is -0.173. The van der Waals surface area contributed by atoms with Crippen molar-refractivity contribution in [2.45, 2.75) is 18.9 Å². The first kappa shape index (κ1) is 11.7. The largest absolute Gasteiger partial charge is 0.372 e. The molecule has 1 aliphatic heterocycles. The summed E-state index contributed by atoms with van der Waals surface area (Å²) in [7, 11) is 0. The van der Waals surface area contributed by atoms with E-state index in [2.05, 4.69) is 6.07 Å². The van der Waals surface area contributed by atoms with Gasteiger partial charge in [0.2, 0.25) is 0 Å². The molecule has 2 rings (SSSR count). The summed E-state index contributed by atoms with van der Waals surface area (Å²) in [6.45, 7) is 0.698. The van der Waals surface area contributed by atoms with Crippen molar-refractivity contribution in [2.75, 3.05) is 6.61 Å². The second-order valence-electron chi connectivity index (χ2n) is 3.84. The average molecular weight is 256 g/mol. The van der Waals surface area contributed by atoms with Crippen LogP contribution in [0.1, 0.15) is 24.5 Å². The maximum atomic E-state index is 9.06. The average Bonchev–Trinajstić information content (AvgIpc) is 2.32. The summed E-state index contributed by atoms with van der Waals surface area (Å²) in [5.41, 5.74) is 0.931. The lowest BCUT2D eigenvalue weighted by molar-refractivity contribution is -0.0101. The Balaban J connectivity index is 2.28. The van der Waals surface area contributed by atoms with E-state index in [0.717, 1.165) is 18.4 Å². The highest BCUT2D eigenvalue weighted by molar-refractivity contribution is 6.42. The fraction of sp³-hybridized carbons (Fsp3) is 0.417. The zero-order valence-corrected chi connectivity index (χ0v) is 10.1. The van der Waals surface area contributed by atoms with Gasteiger partial charge < -0.3 is 4.74 Å². The van der Waals surface area contributed by atoms with Crippen LogP contribution in [0.5, 0.6) is 0 Å². The summed E-state index contributed by atoms with van der Waals surface area (Å²) in [5.74, 6) is -0.0917. The van der Waals surface area contributed by atoms with E-state index in [1.54, 1.807) is 12.1 Å². The molecule has 0 spiro atoms. The molecule has 0 bridgehead atoms. The number of halogens is 2. The summed E-state index contributed by atoms with van der Waals surface area (Å²) in [4.78, 5) is 0. The Labute approximate surface area is 105 Å². The smallest absolute Gasteiger partial charge is 0.0983 e. The standard InChI is InChI=1S/C12H11Cl2NO/c13-10-4-3-8(6-11(10)14)12-9(7-15)2-1-5-16-12/h3-4,6,9,12H,1-2,5H2. The SMILES string of the molecule is N#CC1CCCOC1c1ccc(Cl)c(Cl)c1. The number of rotatable bonds is 1. The third-order valence-corrected chi connectivity index (χ3v) is 3.50. The van der Waals surface area contributed by atoms with Crippen LogP contribution < -0.4 is 0 Å². The maximum Gasteiger partial charge on any atom is 0.0983 e. The topological polar surface area (TPSA) is 33.0 Å². The lowest BCUT2D eigenvalue weighted by Crippen LogP contribution is -2.21. The van der Waals surface area contributed by atoms with Crippen LogP contribution in [0, 0.1) is 17.2 Å². The van der Waals surface area contributed by atoms with Gasteiger partial charge in [0, 0.05) is 6.61 Å². The Morgan fingerprint density at radius 3 is 2.81 bits per heavy atom. The van der Waals surface area contributed by atoms with Crippen LogP contribution in [0.15, 0.2) is 18.2 Å². The number of ether oxygens (including phenoxy) is 1. The first-order valence-corrected chi connectivity index (χ1v) is 5.94. The summed E-state index contributed by atoms with van der Waals surface area (Å²) in [5, 5.41) is 10.1. The van der Waals surface area contributed by atoms with E-state index >= 15 is 0 Å². The van der Waals surface area contributed by atoms with E-state index < -0.39 is 0 Å². The molecule has 2 atom stereocenters. The van der Waals surface area contributed by atoms with Gasteiger partial charge >= 0.3 is 0 Å². The molecular formula is C12H11Cl2NO. The molecule has 1 aromatic rings. The third kappa shape index (κ3) is 2.32. The molecule has 0 aromatic heterocycles. The fourth-order valence-corrected chi connectivity index (χ4v) is 2.24. The minimum Gasteiger partial charge on any atom is -0.372 e. The third-order valence-electron chi connectivity index (χ3n) is 2.76. The highest BCUT2D eigenvalue weighted by atomic mass is 35.5. The van der Waals surface area contributed by atoms with Gasteiger partial charge in [-0.25, -0.2) is 0 Å². The van der Waals surface area contributed by atoms with Crippen molar-refractivity contribution >= 4 is 23.2 Å². The van der Waals surface area contributed by atoms with Crippen LogP contribution in [-0.4, -0.2) is 6.61 Å². The molecule has 1 saturated heterocycles. The van der Waals surface area contributed by atoms with Crippen molar-refractivity contribution in [3.63, 3.8) is 0 Å². The second-order valence-corrected chi connectivity index (χ2v) is 4.66. The Hall–Kier alpha value is -0.750. The molecule has 84 valence electrons. The number of nitriles is 1. The van der Waals surface area contributed by atoms with Gasteiger partial charge in [-0.1, -0.05) is 29.3 Å². The van der Waals surface area contributed by atoms with E-state index in [0.29, 0.717) is 16.7 Å². The van der Waals surface area contributed by atoms with Gasteiger partial charge in [-0.05, 0) is 30.5 Å². The molecule has 4 heteroatoms. The molecule has 1 aliphatic rings. The van der Waals surface area contributed by atoms with Crippen molar-refractivity contribution in [3.8, 4) is 6.07 Å². The van der Waals surface area contributed by atoms with Gasteiger partial charge in [-0.2, -0.15) is 5.26 Å². The Morgan fingerprint density at radius 2 is 2.12 bits per heavy atom. The van der Waals surface area contributed by atoms with Gasteiger partial charge in [0.1, 0.15) is 0 Å². The van der Waals surface area contributed by atoms with Crippen LogP contribution in [0.4, 0.5) is 0 Å². The van der Waals surface area contributed by atoms with E-state index in [9.17, 15) is 0 Å². The molecule has 0 aliphatic carbocycles. The first-order chi connectivity index (χ1) is 7.72. The van der Waals surface area contributed by atoms with Crippen LogP contribution in [-0.2, 0) is 4.74 Å². The van der Waals surface area contributed by atoms with Crippen molar-refractivity contribution < 1.29 is 4.74 Å². The molecule has 0 amide bonds. The molecular weight excluding hydrogens is 245 g/mol.